The summed E-state index contributed by atoms with van der Waals surface area (Å²) in [6.07, 6.45) is 0. The largest absolute Gasteiger partial charge is 0.354 e. The van der Waals surface area contributed by atoms with Gasteiger partial charge in [-0.05, 0) is 101 Å². The van der Waals surface area contributed by atoms with Crippen LogP contribution in [0.3, 0.4) is 0 Å². The molecule has 0 radical (unpaired) electrons. The van der Waals surface area contributed by atoms with Crippen LogP contribution in [0, 0.1) is 0 Å². The first kappa shape index (κ1) is 27.2. The molecule has 0 saturated carbocycles. The lowest BCUT2D eigenvalue weighted by Crippen LogP contribution is -2.15. The van der Waals surface area contributed by atoms with E-state index in [1.807, 2.05) is 0 Å². The lowest BCUT2D eigenvalue weighted by Gasteiger charge is -2.25. The first-order chi connectivity index (χ1) is 22.2. The second-order valence-corrected chi connectivity index (χ2v) is 14.7. The van der Waals surface area contributed by atoms with Crippen LogP contribution >= 0.6 is 0 Å². The molecule has 0 fully saturated rings. The van der Waals surface area contributed by atoms with E-state index in [9.17, 15) is 0 Å². The van der Waals surface area contributed by atoms with Crippen molar-refractivity contribution in [3.63, 3.8) is 0 Å². The van der Waals surface area contributed by atoms with E-state index < -0.39 is 0 Å². The zero-order chi connectivity index (χ0) is 31.4. The number of benzene rings is 7. The van der Waals surface area contributed by atoms with Crippen molar-refractivity contribution in [2.75, 3.05) is 0 Å². The van der Waals surface area contributed by atoms with Gasteiger partial charge in [-0.15, -0.1) is 0 Å². The highest BCUT2D eigenvalue weighted by atomic mass is 14.7. The second-order valence-electron chi connectivity index (χ2n) is 14.7. The van der Waals surface area contributed by atoms with Crippen LogP contribution in [0.1, 0.15) is 51.3 Å². The number of para-hydroxylation sites is 1. The van der Waals surface area contributed by atoms with Crippen LogP contribution in [0.25, 0.3) is 76.7 Å². The monoisotopic (exact) mass is 591 g/mol. The molecule has 46 heavy (non-hydrogen) atoms. The number of hydrogen-bond donors (Lipinski definition) is 1. The molecule has 0 atom stereocenters. The van der Waals surface area contributed by atoms with Crippen molar-refractivity contribution in [3.05, 3.63) is 144 Å². The summed E-state index contributed by atoms with van der Waals surface area (Å²) >= 11 is 0. The average molecular weight is 592 g/mol. The van der Waals surface area contributed by atoms with Crippen LogP contribution in [0.4, 0.5) is 0 Å². The molecule has 0 aliphatic heterocycles. The minimum atomic E-state index is -0.135. The zero-order valence-corrected chi connectivity index (χ0v) is 27.1. The van der Waals surface area contributed by atoms with Gasteiger partial charge in [0.15, 0.2) is 0 Å². The molecule has 0 saturated heterocycles. The normalized spacial score (nSPS) is 13.9. The van der Waals surface area contributed by atoms with Crippen molar-refractivity contribution >= 4 is 43.4 Å². The maximum atomic E-state index is 3.65. The van der Waals surface area contributed by atoms with Crippen molar-refractivity contribution in [2.45, 2.75) is 45.4 Å². The third-order valence-corrected chi connectivity index (χ3v) is 10.5. The Balaban J connectivity index is 1.28. The number of H-pyrrole nitrogens is 1. The molecule has 0 amide bonds. The smallest absolute Gasteiger partial charge is 0.0471 e. The minimum absolute atomic E-state index is 0.00291. The van der Waals surface area contributed by atoms with E-state index >= 15 is 0 Å². The fourth-order valence-electron chi connectivity index (χ4n) is 8.19. The maximum absolute atomic E-state index is 3.65. The van der Waals surface area contributed by atoms with Gasteiger partial charge in [0, 0.05) is 27.2 Å². The first-order valence-electron chi connectivity index (χ1n) is 16.4. The Bertz CT molecular complexity index is 2530. The summed E-state index contributed by atoms with van der Waals surface area (Å²) in [5.74, 6) is 0. The summed E-state index contributed by atoms with van der Waals surface area (Å²) in [4.78, 5) is 3.65. The van der Waals surface area contributed by atoms with E-state index in [1.165, 1.54) is 93.4 Å². The van der Waals surface area contributed by atoms with Gasteiger partial charge in [-0.3, -0.25) is 0 Å². The highest BCUT2D eigenvalue weighted by Crippen LogP contribution is 2.55. The summed E-state index contributed by atoms with van der Waals surface area (Å²) in [5, 5.41) is 7.94. The summed E-state index contributed by atoms with van der Waals surface area (Å²) in [6, 6.07) is 47.7. The van der Waals surface area contributed by atoms with E-state index in [0.29, 0.717) is 0 Å². The van der Waals surface area contributed by atoms with Crippen LogP contribution in [-0.2, 0) is 10.8 Å². The van der Waals surface area contributed by atoms with Crippen LogP contribution < -0.4 is 0 Å². The Kier molecular flexibility index (Phi) is 5.58. The molecule has 8 aromatic rings. The summed E-state index contributed by atoms with van der Waals surface area (Å²) < 4.78 is 0. The van der Waals surface area contributed by atoms with Crippen LogP contribution in [0.2, 0.25) is 0 Å². The zero-order valence-electron chi connectivity index (χ0n) is 27.1. The molecular formula is C45H37N. The lowest BCUT2D eigenvalue weighted by molar-refractivity contribution is 0.590. The predicted molar refractivity (Wildman–Crippen MR) is 198 cm³/mol. The molecule has 0 unspecified atom stereocenters. The van der Waals surface area contributed by atoms with Gasteiger partial charge >= 0.3 is 0 Å². The summed E-state index contributed by atoms with van der Waals surface area (Å²) in [6.45, 7) is 11.8. The topological polar surface area (TPSA) is 15.8 Å². The van der Waals surface area contributed by atoms with Gasteiger partial charge in [0.25, 0.3) is 0 Å². The number of fused-ring (bicyclic) bond motifs is 11. The number of hydrogen-bond acceptors (Lipinski definition) is 0. The van der Waals surface area contributed by atoms with Crippen molar-refractivity contribution < 1.29 is 0 Å². The third-order valence-electron chi connectivity index (χ3n) is 10.5. The average Bonchev–Trinajstić information content (AvgIpc) is 3.56. The molecule has 1 heterocycles. The van der Waals surface area contributed by atoms with Gasteiger partial charge < -0.3 is 4.98 Å². The van der Waals surface area contributed by atoms with E-state index in [4.69, 9.17) is 0 Å². The Morgan fingerprint density at radius 1 is 0.500 bits per heavy atom. The van der Waals surface area contributed by atoms with E-state index in [1.54, 1.807) is 0 Å². The van der Waals surface area contributed by atoms with Gasteiger partial charge in [-0.2, -0.15) is 0 Å². The fourth-order valence-corrected chi connectivity index (χ4v) is 8.19. The Labute approximate surface area is 270 Å². The van der Waals surface area contributed by atoms with Gasteiger partial charge in [-0.25, -0.2) is 0 Å². The molecule has 0 bridgehead atoms. The van der Waals surface area contributed by atoms with E-state index in [0.717, 1.165) is 0 Å². The molecule has 222 valence electrons. The molecular weight excluding hydrogens is 555 g/mol. The molecule has 1 N–H and O–H groups in total. The van der Waals surface area contributed by atoms with Gasteiger partial charge in [0.2, 0.25) is 0 Å². The van der Waals surface area contributed by atoms with Crippen LogP contribution in [-0.4, -0.2) is 4.98 Å². The van der Waals surface area contributed by atoms with Crippen molar-refractivity contribution in [2.24, 2.45) is 0 Å². The number of rotatable bonds is 2. The van der Waals surface area contributed by atoms with E-state index in [-0.39, 0.29) is 10.8 Å². The molecule has 1 aliphatic carbocycles. The van der Waals surface area contributed by atoms with Gasteiger partial charge in [-0.1, -0.05) is 138 Å². The SMILES string of the molecule is CC(C)(C)c1cc(-c2ccc3c(c2)C(C)(C)c2c-3c3ccccc3c3ccccc23)cc(-c2cccc3[nH]c4ccccc4c23)c1. The van der Waals surface area contributed by atoms with Crippen molar-refractivity contribution in [1.29, 1.82) is 0 Å². The minimum Gasteiger partial charge on any atom is -0.354 e. The van der Waals surface area contributed by atoms with Crippen molar-refractivity contribution in [1.82, 2.24) is 4.98 Å². The Hall–Kier alpha value is -5.14. The molecule has 1 nitrogen and oxygen atoms in total. The van der Waals surface area contributed by atoms with Gasteiger partial charge in [0.05, 0.1) is 0 Å². The number of aromatic amines is 1. The maximum Gasteiger partial charge on any atom is 0.0471 e. The van der Waals surface area contributed by atoms with E-state index in [2.05, 4.69) is 167 Å². The highest BCUT2D eigenvalue weighted by molar-refractivity contribution is 6.18. The van der Waals surface area contributed by atoms with Crippen molar-refractivity contribution in [3.8, 4) is 33.4 Å². The van der Waals surface area contributed by atoms with Crippen LogP contribution in [0.5, 0.6) is 0 Å². The quantitative estimate of drug-likeness (QED) is 0.193. The summed E-state index contributed by atoms with van der Waals surface area (Å²) in [7, 11) is 0. The third kappa shape index (κ3) is 3.81. The Morgan fingerprint density at radius 2 is 1.13 bits per heavy atom. The standard InChI is InChI=1S/C45H37N/c1-44(2,3)30-24-28(23-29(25-30)31-18-12-20-40-41(31)37-17-10-11-19-39(37)46-40)27-21-22-36-38(26-27)45(4,5)43-35-16-9-7-14-33(35)32-13-6-8-15-34(32)42(36)43/h6-26,46H,1-5H3. The first-order valence-corrected chi connectivity index (χ1v) is 16.4. The molecule has 7 aromatic carbocycles. The van der Waals surface area contributed by atoms with Crippen LogP contribution in [0.15, 0.2) is 127 Å². The fraction of sp³-hybridized carbons (Fsp3) is 0.156. The molecule has 9 rings (SSSR count). The predicted octanol–water partition coefficient (Wildman–Crippen LogP) is 12.6. The molecule has 1 aromatic heterocycles. The Morgan fingerprint density at radius 3 is 1.89 bits per heavy atom. The lowest BCUT2D eigenvalue weighted by atomic mass is 9.78. The number of nitrogens with one attached hydrogen (secondary N) is 1. The number of aromatic nitrogens is 1. The molecule has 1 aliphatic rings. The molecule has 0 spiro atoms. The second kappa shape index (κ2) is 9.44. The molecule has 1 heteroatoms. The summed E-state index contributed by atoms with van der Waals surface area (Å²) in [5.41, 5.74) is 14.3. The van der Waals surface area contributed by atoms with Gasteiger partial charge in [0.1, 0.15) is 0 Å². The highest BCUT2D eigenvalue weighted by Gasteiger charge is 2.38.